The lowest BCUT2D eigenvalue weighted by Gasteiger charge is -2.28. The Hall–Kier alpha value is -3.06. The van der Waals surface area contributed by atoms with Crippen molar-refractivity contribution < 1.29 is 18.7 Å². The molecule has 140 valence electrons. The van der Waals surface area contributed by atoms with Gasteiger partial charge in [-0.05, 0) is 42.5 Å². The third-order valence-corrected chi connectivity index (χ3v) is 4.56. The second-order valence-electron chi connectivity index (χ2n) is 6.14. The highest BCUT2D eigenvalue weighted by molar-refractivity contribution is 5.64. The van der Waals surface area contributed by atoms with Crippen LogP contribution in [-0.2, 0) is 4.74 Å². The largest absolute Gasteiger partial charge is 0.493 e. The zero-order chi connectivity index (χ0) is 18.6. The van der Waals surface area contributed by atoms with Crippen molar-refractivity contribution in [2.24, 2.45) is 0 Å². The van der Waals surface area contributed by atoms with Gasteiger partial charge in [-0.25, -0.2) is 0 Å². The first kappa shape index (κ1) is 17.4. The Morgan fingerprint density at radius 3 is 2.30 bits per heavy atom. The van der Waals surface area contributed by atoms with Crippen molar-refractivity contribution in [1.82, 2.24) is 10.1 Å². The van der Waals surface area contributed by atoms with Gasteiger partial charge in [-0.1, -0.05) is 5.16 Å². The molecule has 1 aliphatic heterocycles. The van der Waals surface area contributed by atoms with E-state index in [1.807, 2.05) is 30.3 Å². The molecule has 0 N–H and O–H groups in total. The van der Waals surface area contributed by atoms with Crippen LogP contribution in [0.25, 0.3) is 22.8 Å². The summed E-state index contributed by atoms with van der Waals surface area (Å²) in [5.41, 5.74) is 2.85. The van der Waals surface area contributed by atoms with Crippen molar-refractivity contribution in [3.63, 3.8) is 0 Å². The number of ether oxygens (including phenoxy) is 3. The average Bonchev–Trinajstić information content (AvgIpc) is 3.24. The minimum atomic E-state index is 0.434. The van der Waals surface area contributed by atoms with Gasteiger partial charge in [-0.15, -0.1) is 0 Å². The Morgan fingerprint density at radius 1 is 0.889 bits per heavy atom. The van der Waals surface area contributed by atoms with Gasteiger partial charge in [-0.2, -0.15) is 4.98 Å². The lowest BCUT2D eigenvalue weighted by Crippen LogP contribution is -2.36. The van der Waals surface area contributed by atoms with Gasteiger partial charge in [0.15, 0.2) is 11.5 Å². The highest BCUT2D eigenvalue weighted by atomic mass is 16.5. The second kappa shape index (κ2) is 7.67. The van der Waals surface area contributed by atoms with Crippen LogP contribution in [0.15, 0.2) is 47.0 Å². The Morgan fingerprint density at radius 2 is 1.59 bits per heavy atom. The minimum absolute atomic E-state index is 0.434. The van der Waals surface area contributed by atoms with Crippen LogP contribution in [0.3, 0.4) is 0 Å². The molecule has 2 heterocycles. The monoisotopic (exact) mass is 367 g/mol. The number of benzene rings is 2. The number of methoxy groups -OCH3 is 2. The van der Waals surface area contributed by atoms with Crippen LogP contribution < -0.4 is 14.4 Å². The van der Waals surface area contributed by atoms with E-state index in [-0.39, 0.29) is 0 Å². The molecule has 0 aliphatic carbocycles. The third-order valence-electron chi connectivity index (χ3n) is 4.56. The van der Waals surface area contributed by atoms with E-state index in [0.717, 1.165) is 37.4 Å². The smallest absolute Gasteiger partial charge is 0.258 e. The highest BCUT2D eigenvalue weighted by Gasteiger charge is 2.15. The van der Waals surface area contributed by atoms with Crippen LogP contribution in [-0.4, -0.2) is 50.7 Å². The van der Waals surface area contributed by atoms with Gasteiger partial charge in [0, 0.05) is 29.9 Å². The normalized spacial score (nSPS) is 14.2. The fourth-order valence-electron chi connectivity index (χ4n) is 3.07. The van der Waals surface area contributed by atoms with E-state index < -0.39 is 0 Å². The molecule has 4 rings (SSSR count). The maximum Gasteiger partial charge on any atom is 0.258 e. The summed E-state index contributed by atoms with van der Waals surface area (Å²) in [7, 11) is 3.19. The third kappa shape index (κ3) is 3.59. The molecule has 0 bridgehead atoms. The fourth-order valence-corrected chi connectivity index (χ4v) is 3.07. The fraction of sp³-hybridized carbons (Fsp3) is 0.300. The van der Waals surface area contributed by atoms with Crippen molar-refractivity contribution in [3.05, 3.63) is 42.5 Å². The van der Waals surface area contributed by atoms with E-state index in [2.05, 4.69) is 27.2 Å². The van der Waals surface area contributed by atoms with E-state index in [0.29, 0.717) is 23.2 Å². The summed E-state index contributed by atoms with van der Waals surface area (Å²) >= 11 is 0. The highest BCUT2D eigenvalue weighted by Crippen LogP contribution is 2.32. The van der Waals surface area contributed by atoms with Crippen molar-refractivity contribution in [2.75, 3.05) is 45.4 Å². The lowest BCUT2D eigenvalue weighted by atomic mass is 10.1. The van der Waals surface area contributed by atoms with Gasteiger partial charge in [0.25, 0.3) is 5.89 Å². The molecule has 1 fully saturated rings. The Kier molecular flexibility index (Phi) is 4.93. The van der Waals surface area contributed by atoms with E-state index in [1.54, 1.807) is 14.2 Å². The van der Waals surface area contributed by atoms with Crippen molar-refractivity contribution >= 4 is 5.69 Å². The Balaban J connectivity index is 1.55. The topological polar surface area (TPSA) is 69.9 Å². The van der Waals surface area contributed by atoms with Crippen LogP contribution in [0.5, 0.6) is 11.5 Å². The first-order valence-electron chi connectivity index (χ1n) is 8.78. The molecule has 0 atom stereocenters. The van der Waals surface area contributed by atoms with E-state index in [4.69, 9.17) is 18.7 Å². The van der Waals surface area contributed by atoms with Gasteiger partial charge < -0.3 is 23.6 Å². The summed E-state index contributed by atoms with van der Waals surface area (Å²) in [6.07, 6.45) is 0. The molecule has 0 saturated carbocycles. The molecular formula is C20H21N3O4. The number of morpholine rings is 1. The quantitative estimate of drug-likeness (QED) is 0.685. The maximum atomic E-state index is 5.44. The number of rotatable bonds is 5. The van der Waals surface area contributed by atoms with E-state index in [1.165, 1.54) is 5.69 Å². The van der Waals surface area contributed by atoms with Crippen LogP contribution in [0.1, 0.15) is 0 Å². The molecular weight excluding hydrogens is 346 g/mol. The minimum Gasteiger partial charge on any atom is -0.493 e. The van der Waals surface area contributed by atoms with Crippen LogP contribution in [0.2, 0.25) is 0 Å². The summed E-state index contributed by atoms with van der Waals surface area (Å²) in [6, 6.07) is 13.7. The summed E-state index contributed by atoms with van der Waals surface area (Å²) in [6.45, 7) is 3.35. The Labute approximate surface area is 157 Å². The summed E-state index contributed by atoms with van der Waals surface area (Å²) in [5, 5.41) is 4.11. The van der Waals surface area contributed by atoms with Gasteiger partial charge in [0.1, 0.15) is 0 Å². The summed E-state index contributed by atoms with van der Waals surface area (Å²) in [5.74, 6) is 2.25. The van der Waals surface area contributed by atoms with Gasteiger partial charge in [-0.3, -0.25) is 0 Å². The van der Waals surface area contributed by atoms with Gasteiger partial charge >= 0.3 is 0 Å². The molecule has 2 aromatic carbocycles. The van der Waals surface area contributed by atoms with Crippen LogP contribution in [0.4, 0.5) is 5.69 Å². The molecule has 0 spiro atoms. The van der Waals surface area contributed by atoms with Gasteiger partial charge in [0.05, 0.1) is 27.4 Å². The number of hydrogen-bond donors (Lipinski definition) is 0. The van der Waals surface area contributed by atoms with Crippen molar-refractivity contribution in [1.29, 1.82) is 0 Å². The predicted octanol–water partition coefficient (Wildman–Crippen LogP) is 3.26. The number of nitrogens with zero attached hydrogens (tertiary/aromatic N) is 3. The maximum absolute atomic E-state index is 5.44. The number of hydrogen-bond acceptors (Lipinski definition) is 7. The Bertz CT molecular complexity index is 902. The van der Waals surface area contributed by atoms with Crippen molar-refractivity contribution in [2.45, 2.75) is 0 Å². The predicted molar refractivity (Wildman–Crippen MR) is 101 cm³/mol. The average molecular weight is 367 g/mol. The molecule has 27 heavy (non-hydrogen) atoms. The molecule has 7 nitrogen and oxygen atoms in total. The van der Waals surface area contributed by atoms with Crippen LogP contribution in [0, 0.1) is 0 Å². The number of aromatic nitrogens is 2. The number of anilines is 1. The lowest BCUT2D eigenvalue weighted by molar-refractivity contribution is 0.122. The molecule has 1 aromatic heterocycles. The molecule has 3 aromatic rings. The molecule has 1 aliphatic rings. The van der Waals surface area contributed by atoms with Crippen molar-refractivity contribution in [3.8, 4) is 34.3 Å². The zero-order valence-corrected chi connectivity index (χ0v) is 15.3. The first-order valence-corrected chi connectivity index (χ1v) is 8.78. The molecule has 0 unspecified atom stereocenters. The molecule has 1 saturated heterocycles. The molecule has 0 radical (unpaired) electrons. The van der Waals surface area contributed by atoms with Crippen LogP contribution >= 0.6 is 0 Å². The first-order chi connectivity index (χ1) is 13.3. The molecule has 7 heteroatoms. The zero-order valence-electron chi connectivity index (χ0n) is 15.3. The molecule has 0 amide bonds. The van der Waals surface area contributed by atoms with Gasteiger partial charge in [0.2, 0.25) is 5.82 Å². The second-order valence-corrected chi connectivity index (χ2v) is 6.14. The van der Waals surface area contributed by atoms with E-state index in [9.17, 15) is 0 Å². The van der Waals surface area contributed by atoms with E-state index >= 15 is 0 Å². The standard InChI is InChI=1S/C20H21N3O4/c1-24-17-8-5-15(13-18(17)25-2)20-21-19(22-27-20)14-3-6-16(7-4-14)23-9-11-26-12-10-23/h3-8,13H,9-12H2,1-2H3. The SMILES string of the molecule is COc1ccc(-c2nc(-c3ccc(N4CCOCC4)cc3)no2)cc1OC. The summed E-state index contributed by atoms with van der Waals surface area (Å²) < 4.78 is 21.4. The summed E-state index contributed by atoms with van der Waals surface area (Å²) in [4.78, 5) is 6.82.